The monoisotopic (exact) mass is 310 g/mol. The maximum atomic E-state index is 2.31. The normalized spacial score (nSPS) is 10.9. The maximum Gasteiger partial charge on any atom is 0.220 e. The molecule has 0 aliphatic carbocycles. The van der Waals surface area contributed by atoms with Gasteiger partial charge in [0.15, 0.2) is 6.20 Å². The van der Waals surface area contributed by atoms with Crippen molar-refractivity contribution in [1.82, 2.24) is 0 Å². The maximum absolute atomic E-state index is 2.31. The number of aromatic nitrogens is 1. The molecular formula is C23H20N+. The molecule has 1 aromatic heterocycles. The fraction of sp³-hybridized carbons (Fsp3) is 0.0870. The second-order valence-corrected chi connectivity index (χ2v) is 6.26. The molecule has 0 amide bonds. The summed E-state index contributed by atoms with van der Waals surface area (Å²) in [5.74, 6) is 0. The highest BCUT2D eigenvalue weighted by Gasteiger charge is 2.17. The molecule has 1 heterocycles. The standard InChI is InChI=1S/C23H20N/c1-17-8-6-7-11-21(17)23-22-16-20(18-9-4-3-5-10-18)13-12-19(22)14-15-24(23)2/h3-16H,1-2H3/q+1. The molecule has 0 bridgehead atoms. The summed E-state index contributed by atoms with van der Waals surface area (Å²) in [6.45, 7) is 2.18. The predicted octanol–water partition coefficient (Wildman–Crippen LogP) is 5.31. The Labute approximate surface area is 142 Å². The molecule has 3 aromatic carbocycles. The zero-order valence-electron chi connectivity index (χ0n) is 14.0. The van der Waals surface area contributed by atoms with E-state index in [-0.39, 0.29) is 0 Å². The molecule has 0 N–H and O–H groups in total. The lowest BCUT2D eigenvalue weighted by atomic mass is 9.96. The van der Waals surface area contributed by atoms with Gasteiger partial charge >= 0.3 is 0 Å². The van der Waals surface area contributed by atoms with Crippen LogP contribution in [0.2, 0.25) is 0 Å². The molecule has 1 nitrogen and oxygen atoms in total. The van der Waals surface area contributed by atoms with Crippen molar-refractivity contribution in [1.29, 1.82) is 0 Å². The highest BCUT2D eigenvalue weighted by atomic mass is 14.9. The van der Waals surface area contributed by atoms with Crippen LogP contribution in [0.25, 0.3) is 33.2 Å². The zero-order chi connectivity index (χ0) is 16.5. The Kier molecular flexibility index (Phi) is 3.62. The quantitative estimate of drug-likeness (QED) is 0.442. The van der Waals surface area contributed by atoms with Gasteiger partial charge in [-0.05, 0) is 41.1 Å². The molecular weight excluding hydrogens is 290 g/mol. The molecule has 0 aliphatic rings. The lowest BCUT2D eigenvalue weighted by molar-refractivity contribution is -0.659. The van der Waals surface area contributed by atoms with Gasteiger partial charge in [0.2, 0.25) is 5.69 Å². The van der Waals surface area contributed by atoms with Crippen LogP contribution in [0.3, 0.4) is 0 Å². The predicted molar refractivity (Wildman–Crippen MR) is 101 cm³/mol. The number of fused-ring (bicyclic) bond motifs is 1. The van der Waals surface area contributed by atoms with Gasteiger partial charge in [0.25, 0.3) is 0 Å². The van der Waals surface area contributed by atoms with Crippen LogP contribution in [0.4, 0.5) is 0 Å². The molecule has 0 saturated carbocycles. The molecule has 0 fully saturated rings. The minimum Gasteiger partial charge on any atom is -0.200 e. The van der Waals surface area contributed by atoms with Crippen LogP contribution in [0, 0.1) is 6.92 Å². The van der Waals surface area contributed by atoms with Crippen LogP contribution in [0.5, 0.6) is 0 Å². The van der Waals surface area contributed by atoms with Crippen LogP contribution in [-0.2, 0) is 7.05 Å². The number of benzene rings is 3. The third kappa shape index (κ3) is 2.48. The van der Waals surface area contributed by atoms with Gasteiger partial charge in [-0.15, -0.1) is 0 Å². The molecule has 0 radical (unpaired) electrons. The average molecular weight is 310 g/mol. The lowest BCUT2D eigenvalue weighted by Gasteiger charge is -2.09. The van der Waals surface area contributed by atoms with Gasteiger partial charge in [0.05, 0.1) is 5.39 Å². The molecule has 4 aromatic rings. The first-order chi connectivity index (χ1) is 11.7. The van der Waals surface area contributed by atoms with E-state index < -0.39 is 0 Å². The van der Waals surface area contributed by atoms with Crippen molar-refractivity contribution in [3.05, 3.63) is 90.6 Å². The zero-order valence-corrected chi connectivity index (χ0v) is 14.0. The topological polar surface area (TPSA) is 3.88 Å². The Morgan fingerprint density at radius 3 is 2.25 bits per heavy atom. The van der Waals surface area contributed by atoms with E-state index in [9.17, 15) is 0 Å². The second kappa shape index (κ2) is 5.93. The van der Waals surface area contributed by atoms with Gasteiger partial charge < -0.3 is 0 Å². The smallest absolute Gasteiger partial charge is 0.200 e. The summed E-state index contributed by atoms with van der Waals surface area (Å²) in [5, 5.41) is 2.56. The Bertz CT molecular complexity index is 1020. The molecule has 0 saturated heterocycles. The van der Waals surface area contributed by atoms with Crippen LogP contribution in [0.15, 0.2) is 85.1 Å². The summed E-state index contributed by atoms with van der Waals surface area (Å²) in [7, 11) is 2.12. The molecule has 4 rings (SSSR count). The Hall–Kier alpha value is -2.93. The van der Waals surface area contributed by atoms with Crippen LogP contribution in [0.1, 0.15) is 5.56 Å². The van der Waals surface area contributed by atoms with E-state index in [4.69, 9.17) is 0 Å². The van der Waals surface area contributed by atoms with E-state index in [0.717, 1.165) is 0 Å². The van der Waals surface area contributed by atoms with E-state index in [2.05, 4.69) is 104 Å². The van der Waals surface area contributed by atoms with Crippen molar-refractivity contribution in [3.63, 3.8) is 0 Å². The summed E-state index contributed by atoms with van der Waals surface area (Å²) in [5.41, 5.74) is 6.36. The molecule has 0 aliphatic heterocycles. The van der Waals surface area contributed by atoms with Gasteiger partial charge in [0, 0.05) is 11.6 Å². The first kappa shape index (κ1) is 14.6. The van der Waals surface area contributed by atoms with Crippen molar-refractivity contribution < 1.29 is 4.57 Å². The van der Waals surface area contributed by atoms with Crippen LogP contribution >= 0.6 is 0 Å². The first-order valence-corrected chi connectivity index (χ1v) is 8.28. The number of hydrogen-bond acceptors (Lipinski definition) is 0. The number of rotatable bonds is 2. The minimum absolute atomic E-state index is 1.25. The number of aryl methyl sites for hydroxylation is 2. The third-order valence-corrected chi connectivity index (χ3v) is 4.65. The number of pyridine rings is 1. The van der Waals surface area contributed by atoms with Crippen LogP contribution in [-0.4, -0.2) is 0 Å². The molecule has 0 atom stereocenters. The van der Waals surface area contributed by atoms with Crippen molar-refractivity contribution in [2.24, 2.45) is 7.05 Å². The van der Waals surface area contributed by atoms with Crippen molar-refractivity contribution in [2.75, 3.05) is 0 Å². The van der Waals surface area contributed by atoms with E-state index >= 15 is 0 Å². The molecule has 0 spiro atoms. The Morgan fingerprint density at radius 1 is 0.708 bits per heavy atom. The summed E-state index contributed by atoms with van der Waals surface area (Å²) in [6, 6.07) is 28.1. The molecule has 24 heavy (non-hydrogen) atoms. The molecule has 116 valence electrons. The van der Waals surface area contributed by atoms with Crippen molar-refractivity contribution in [2.45, 2.75) is 6.92 Å². The Morgan fingerprint density at radius 2 is 1.46 bits per heavy atom. The average Bonchev–Trinajstić information content (AvgIpc) is 2.63. The highest BCUT2D eigenvalue weighted by molar-refractivity contribution is 5.96. The fourth-order valence-corrected chi connectivity index (χ4v) is 3.35. The largest absolute Gasteiger partial charge is 0.220 e. The van der Waals surface area contributed by atoms with Crippen molar-refractivity contribution in [3.8, 4) is 22.4 Å². The van der Waals surface area contributed by atoms with Gasteiger partial charge in [-0.2, -0.15) is 0 Å². The summed E-state index contributed by atoms with van der Waals surface area (Å²) < 4.78 is 2.22. The van der Waals surface area contributed by atoms with Gasteiger partial charge in [-0.1, -0.05) is 60.7 Å². The number of nitrogens with zero attached hydrogens (tertiary/aromatic N) is 1. The number of hydrogen-bond donors (Lipinski definition) is 0. The van der Waals surface area contributed by atoms with Crippen molar-refractivity contribution >= 4 is 10.8 Å². The lowest BCUT2D eigenvalue weighted by Crippen LogP contribution is -2.30. The molecule has 1 heteroatoms. The van der Waals surface area contributed by atoms with Gasteiger partial charge in [-0.25, -0.2) is 4.57 Å². The van der Waals surface area contributed by atoms with E-state index in [1.54, 1.807) is 0 Å². The van der Waals surface area contributed by atoms with Gasteiger partial charge in [-0.3, -0.25) is 0 Å². The summed E-state index contributed by atoms with van der Waals surface area (Å²) in [6.07, 6.45) is 2.15. The van der Waals surface area contributed by atoms with Crippen LogP contribution < -0.4 is 4.57 Å². The third-order valence-electron chi connectivity index (χ3n) is 4.65. The molecule has 0 unspecified atom stereocenters. The highest BCUT2D eigenvalue weighted by Crippen LogP contribution is 2.31. The minimum atomic E-state index is 1.25. The SMILES string of the molecule is Cc1ccccc1-c1c2cc(-c3ccccc3)ccc2cc[n+]1C. The summed E-state index contributed by atoms with van der Waals surface area (Å²) >= 11 is 0. The Balaban J connectivity index is 2.02. The van der Waals surface area contributed by atoms with E-state index in [1.807, 2.05) is 0 Å². The van der Waals surface area contributed by atoms with Gasteiger partial charge in [0.1, 0.15) is 7.05 Å². The second-order valence-electron chi connectivity index (χ2n) is 6.26. The van der Waals surface area contributed by atoms with E-state index in [0.29, 0.717) is 0 Å². The van der Waals surface area contributed by atoms with E-state index in [1.165, 1.54) is 38.7 Å². The summed E-state index contributed by atoms with van der Waals surface area (Å²) in [4.78, 5) is 0. The fourth-order valence-electron chi connectivity index (χ4n) is 3.35. The first-order valence-electron chi connectivity index (χ1n) is 8.28.